The number of benzene rings is 1. The highest BCUT2D eigenvalue weighted by Gasteiger charge is 2.72. The molecule has 0 saturated carbocycles. The molecule has 0 aromatic heterocycles. The largest absolute Gasteiger partial charge is 0.497 e. The molecule has 0 heterocycles. The molecule has 0 amide bonds. The number of rotatable bonds is 3. The SMILES string of the molecule is COc1ccc(OC)c(C(O)(C(F)(F)F)C(F)(F)F)c1. The van der Waals surface area contributed by atoms with Crippen LogP contribution in [0.1, 0.15) is 5.56 Å². The highest BCUT2D eigenvalue weighted by molar-refractivity contribution is 5.45. The first-order valence-electron chi connectivity index (χ1n) is 5.07. The molecule has 20 heavy (non-hydrogen) atoms. The van der Waals surface area contributed by atoms with Crippen LogP contribution in [0.25, 0.3) is 0 Å². The third-order valence-corrected chi connectivity index (χ3v) is 2.62. The lowest BCUT2D eigenvalue weighted by Gasteiger charge is -2.33. The van der Waals surface area contributed by atoms with Crippen molar-refractivity contribution in [3.63, 3.8) is 0 Å². The van der Waals surface area contributed by atoms with E-state index in [0.29, 0.717) is 6.07 Å². The maximum absolute atomic E-state index is 12.8. The smallest absolute Gasteiger partial charge is 0.430 e. The fourth-order valence-electron chi connectivity index (χ4n) is 1.56. The Bertz CT molecular complexity index is 466. The summed E-state index contributed by atoms with van der Waals surface area (Å²) >= 11 is 0. The maximum Gasteiger partial charge on any atom is 0.430 e. The maximum atomic E-state index is 12.8. The minimum atomic E-state index is -5.98. The van der Waals surface area contributed by atoms with Crippen molar-refractivity contribution in [3.8, 4) is 11.5 Å². The van der Waals surface area contributed by atoms with Gasteiger partial charge in [-0.1, -0.05) is 0 Å². The first-order chi connectivity index (χ1) is 8.99. The van der Waals surface area contributed by atoms with Gasteiger partial charge in [0, 0.05) is 5.56 Å². The van der Waals surface area contributed by atoms with Gasteiger partial charge in [0.05, 0.1) is 14.2 Å². The molecular formula is C11H10F6O3. The first-order valence-corrected chi connectivity index (χ1v) is 5.07. The molecule has 0 unspecified atom stereocenters. The Morgan fingerprint density at radius 3 is 1.75 bits per heavy atom. The molecule has 0 aliphatic heterocycles. The second kappa shape index (κ2) is 5.04. The highest BCUT2D eigenvalue weighted by Crippen LogP contribution is 2.52. The number of hydrogen-bond donors (Lipinski definition) is 1. The first kappa shape index (κ1) is 16.4. The second-order valence-electron chi connectivity index (χ2n) is 3.77. The van der Waals surface area contributed by atoms with Crippen LogP contribution in [0.15, 0.2) is 18.2 Å². The van der Waals surface area contributed by atoms with Gasteiger partial charge in [0.1, 0.15) is 11.5 Å². The molecule has 0 radical (unpaired) electrons. The fourth-order valence-corrected chi connectivity index (χ4v) is 1.56. The van der Waals surface area contributed by atoms with E-state index in [1.807, 2.05) is 0 Å². The lowest BCUT2D eigenvalue weighted by atomic mass is 9.91. The quantitative estimate of drug-likeness (QED) is 0.873. The molecule has 9 heteroatoms. The summed E-state index contributed by atoms with van der Waals surface area (Å²) in [5.74, 6) is -1.05. The summed E-state index contributed by atoms with van der Waals surface area (Å²) in [6.07, 6.45) is -12.0. The summed E-state index contributed by atoms with van der Waals surface area (Å²) < 4.78 is 85.7. The fraction of sp³-hybridized carbons (Fsp3) is 0.455. The van der Waals surface area contributed by atoms with Crippen LogP contribution in [0.2, 0.25) is 0 Å². The Hall–Kier alpha value is -1.64. The summed E-state index contributed by atoms with van der Waals surface area (Å²) in [7, 11) is 1.95. The molecule has 0 bridgehead atoms. The van der Waals surface area contributed by atoms with Gasteiger partial charge in [-0.2, -0.15) is 26.3 Å². The van der Waals surface area contributed by atoms with Crippen LogP contribution in [0.4, 0.5) is 26.3 Å². The van der Waals surface area contributed by atoms with Crippen molar-refractivity contribution < 1.29 is 40.9 Å². The minimum Gasteiger partial charge on any atom is -0.497 e. The van der Waals surface area contributed by atoms with E-state index in [4.69, 9.17) is 0 Å². The van der Waals surface area contributed by atoms with Crippen molar-refractivity contribution in [2.45, 2.75) is 18.0 Å². The van der Waals surface area contributed by atoms with Crippen LogP contribution in [-0.2, 0) is 5.60 Å². The van der Waals surface area contributed by atoms with Gasteiger partial charge in [-0.25, -0.2) is 0 Å². The summed E-state index contributed by atoms with van der Waals surface area (Å²) in [6.45, 7) is 0. The van der Waals surface area contributed by atoms with Crippen molar-refractivity contribution in [2.24, 2.45) is 0 Å². The zero-order valence-electron chi connectivity index (χ0n) is 10.3. The number of ether oxygens (including phenoxy) is 2. The van der Waals surface area contributed by atoms with E-state index in [9.17, 15) is 31.4 Å². The molecule has 1 rings (SSSR count). The molecular weight excluding hydrogens is 294 g/mol. The molecule has 0 saturated heterocycles. The molecule has 0 spiro atoms. The lowest BCUT2D eigenvalue weighted by Crippen LogP contribution is -2.54. The normalized spacial score (nSPS) is 13.2. The zero-order valence-corrected chi connectivity index (χ0v) is 10.3. The molecule has 1 aromatic rings. The van der Waals surface area contributed by atoms with Gasteiger partial charge in [-0.3, -0.25) is 0 Å². The zero-order chi connectivity index (χ0) is 15.8. The van der Waals surface area contributed by atoms with E-state index in [0.717, 1.165) is 26.4 Å². The van der Waals surface area contributed by atoms with Gasteiger partial charge in [-0.05, 0) is 18.2 Å². The molecule has 0 aliphatic carbocycles. The van der Waals surface area contributed by atoms with Crippen LogP contribution in [0.5, 0.6) is 11.5 Å². The van der Waals surface area contributed by atoms with Crippen LogP contribution in [-0.4, -0.2) is 31.7 Å². The Kier molecular flexibility index (Phi) is 4.14. The van der Waals surface area contributed by atoms with Crippen molar-refractivity contribution in [3.05, 3.63) is 23.8 Å². The Labute approximate surface area is 109 Å². The van der Waals surface area contributed by atoms with Gasteiger partial charge in [-0.15, -0.1) is 0 Å². The van der Waals surface area contributed by atoms with Crippen molar-refractivity contribution in [1.82, 2.24) is 0 Å². The van der Waals surface area contributed by atoms with Crippen LogP contribution >= 0.6 is 0 Å². The Morgan fingerprint density at radius 1 is 0.900 bits per heavy atom. The highest BCUT2D eigenvalue weighted by atomic mass is 19.4. The van der Waals surface area contributed by atoms with E-state index < -0.39 is 29.3 Å². The van der Waals surface area contributed by atoms with Crippen molar-refractivity contribution in [1.29, 1.82) is 0 Å². The summed E-state index contributed by atoms with van der Waals surface area (Å²) in [6, 6.07) is 2.38. The van der Waals surface area contributed by atoms with Crippen LogP contribution in [0, 0.1) is 0 Å². The molecule has 1 aromatic carbocycles. The average Bonchev–Trinajstić information content (AvgIpc) is 2.34. The number of alkyl halides is 6. The molecule has 0 fully saturated rings. The second-order valence-corrected chi connectivity index (χ2v) is 3.77. The lowest BCUT2D eigenvalue weighted by molar-refractivity contribution is -0.376. The molecule has 114 valence electrons. The third-order valence-electron chi connectivity index (χ3n) is 2.62. The summed E-state index contributed by atoms with van der Waals surface area (Å²) in [4.78, 5) is 0. The number of hydrogen-bond acceptors (Lipinski definition) is 3. The predicted octanol–water partition coefficient (Wildman–Crippen LogP) is 3.02. The van der Waals surface area contributed by atoms with Gasteiger partial charge in [0.2, 0.25) is 0 Å². The van der Waals surface area contributed by atoms with Crippen molar-refractivity contribution >= 4 is 0 Å². The average molecular weight is 304 g/mol. The van der Waals surface area contributed by atoms with E-state index in [1.165, 1.54) is 0 Å². The Balaban J connectivity index is 3.66. The summed E-state index contributed by atoms with van der Waals surface area (Å²) in [5, 5.41) is 9.30. The van der Waals surface area contributed by atoms with E-state index in [-0.39, 0.29) is 5.75 Å². The van der Waals surface area contributed by atoms with E-state index in [2.05, 4.69) is 9.47 Å². The number of methoxy groups -OCH3 is 2. The van der Waals surface area contributed by atoms with E-state index >= 15 is 0 Å². The van der Waals surface area contributed by atoms with Gasteiger partial charge >= 0.3 is 12.4 Å². The number of aliphatic hydroxyl groups is 1. The monoisotopic (exact) mass is 304 g/mol. The number of halogens is 6. The van der Waals surface area contributed by atoms with Crippen LogP contribution < -0.4 is 9.47 Å². The third kappa shape index (κ3) is 2.49. The van der Waals surface area contributed by atoms with Gasteiger partial charge < -0.3 is 14.6 Å². The molecule has 0 atom stereocenters. The van der Waals surface area contributed by atoms with E-state index in [1.54, 1.807) is 0 Å². The van der Waals surface area contributed by atoms with Crippen LogP contribution in [0.3, 0.4) is 0 Å². The van der Waals surface area contributed by atoms with Gasteiger partial charge in [0.25, 0.3) is 5.60 Å². The standard InChI is InChI=1S/C11H10F6O3/c1-19-6-3-4-8(20-2)7(5-6)9(18,10(12,13)14)11(15,16)17/h3-5,18H,1-2H3. The van der Waals surface area contributed by atoms with Gasteiger partial charge in [0.15, 0.2) is 0 Å². The summed E-state index contributed by atoms with van der Waals surface area (Å²) in [5.41, 5.74) is -6.54. The molecule has 3 nitrogen and oxygen atoms in total. The molecule has 1 N–H and O–H groups in total. The topological polar surface area (TPSA) is 38.7 Å². The Morgan fingerprint density at radius 2 is 1.40 bits per heavy atom. The van der Waals surface area contributed by atoms with Crippen molar-refractivity contribution in [2.75, 3.05) is 14.2 Å². The predicted molar refractivity (Wildman–Crippen MR) is 55.6 cm³/mol. The molecule has 0 aliphatic rings. The minimum absolute atomic E-state index is 0.285.